The third-order valence-electron chi connectivity index (χ3n) is 0.156. The van der Waals surface area contributed by atoms with Crippen LogP contribution in [0.4, 0.5) is 0 Å². The Balaban J connectivity index is 0. The predicted octanol–water partition coefficient (Wildman–Crippen LogP) is -2.82. The minimum absolute atomic E-state index is 0.218. The number of nitrogens with two attached hydrogens (primary N) is 4. The van der Waals surface area contributed by atoms with Crippen molar-refractivity contribution in [3.8, 4) is 0 Å². The zero-order chi connectivity index (χ0) is 7.86. The molecule has 0 unspecified atom stereocenters. The SMILES string of the molecule is N=C(N)N.N=C(N)NN. The molecule has 0 amide bonds. The topological polar surface area (TPSA) is 164 Å². The first-order chi connectivity index (χ1) is 4.00. The molecule has 0 saturated carbocycles. The summed E-state index contributed by atoms with van der Waals surface area (Å²) in [5, 5.41) is 12.3. The van der Waals surface area contributed by atoms with Crippen molar-refractivity contribution in [3.63, 3.8) is 0 Å². The van der Waals surface area contributed by atoms with Gasteiger partial charge in [0.05, 0.1) is 0 Å². The molecule has 9 heavy (non-hydrogen) atoms. The van der Waals surface area contributed by atoms with Crippen molar-refractivity contribution in [3.05, 3.63) is 0 Å². The lowest BCUT2D eigenvalue weighted by molar-refractivity contribution is 0.995. The molecule has 0 atom stereocenters. The molecule has 0 aliphatic rings. The minimum atomic E-state index is -0.333. The van der Waals surface area contributed by atoms with Gasteiger partial charge in [0.2, 0.25) is 0 Å². The second-order valence-electron chi connectivity index (χ2n) is 1.01. The van der Waals surface area contributed by atoms with Gasteiger partial charge >= 0.3 is 0 Å². The molecule has 7 heteroatoms. The molecule has 0 rings (SSSR count). The molecule has 0 bridgehead atoms. The van der Waals surface area contributed by atoms with Crippen molar-refractivity contribution >= 4 is 11.9 Å². The molecule has 0 aromatic carbocycles. The van der Waals surface area contributed by atoms with Gasteiger partial charge in [-0.15, -0.1) is 0 Å². The second-order valence-corrected chi connectivity index (χ2v) is 1.01. The van der Waals surface area contributed by atoms with Gasteiger partial charge in [0.15, 0.2) is 11.9 Å². The van der Waals surface area contributed by atoms with E-state index in [0.717, 1.165) is 0 Å². The van der Waals surface area contributed by atoms with Crippen LogP contribution in [0, 0.1) is 10.8 Å². The van der Waals surface area contributed by atoms with E-state index < -0.39 is 0 Å². The highest BCUT2D eigenvalue weighted by molar-refractivity contribution is 5.73. The molecular formula is C2H11N7. The Hall–Kier alpha value is -1.50. The Labute approximate surface area is 52.4 Å². The van der Waals surface area contributed by atoms with Gasteiger partial charge in [-0.25, -0.2) is 5.84 Å². The highest BCUT2D eigenvalue weighted by Gasteiger charge is 1.66. The fraction of sp³-hybridized carbons (Fsp3) is 0. The van der Waals surface area contributed by atoms with Crippen LogP contribution in [0.25, 0.3) is 0 Å². The Morgan fingerprint density at radius 3 is 1.22 bits per heavy atom. The Morgan fingerprint density at radius 1 is 1.11 bits per heavy atom. The van der Waals surface area contributed by atoms with Gasteiger partial charge in [0.25, 0.3) is 0 Å². The van der Waals surface area contributed by atoms with E-state index >= 15 is 0 Å². The average molecular weight is 133 g/mol. The lowest BCUT2D eigenvalue weighted by Gasteiger charge is -1.85. The number of guanidine groups is 2. The molecule has 0 aliphatic heterocycles. The van der Waals surface area contributed by atoms with E-state index in [1.807, 2.05) is 5.43 Å². The molecule has 0 aromatic rings. The third kappa shape index (κ3) is 526. The van der Waals surface area contributed by atoms with Crippen molar-refractivity contribution in [1.82, 2.24) is 5.43 Å². The van der Waals surface area contributed by atoms with Crippen LogP contribution >= 0.6 is 0 Å². The zero-order valence-corrected chi connectivity index (χ0v) is 4.81. The lowest BCUT2D eigenvalue weighted by Crippen LogP contribution is -2.35. The molecule has 0 radical (unpaired) electrons. The smallest absolute Gasteiger partial charge is 0.200 e. The summed E-state index contributed by atoms with van der Waals surface area (Å²) in [4.78, 5) is 0. The van der Waals surface area contributed by atoms with Crippen LogP contribution in [0.3, 0.4) is 0 Å². The number of hydrazine groups is 1. The molecule has 0 heterocycles. The molecule has 11 N–H and O–H groups in total. The summed E-state index contributed by atoms with van der Waals surface area (Å²) in [6.45, 7) is 0. The molecule has 7 nitrogen and oxygen atoms in total. The van der Waals surface area contributed by atoms with Gasteiger partial charge in [0, 0.05) is 0 Å². The van der Waals surface area contributed by atoms with Crippen molar-refractivity contribution in [2.75, 3.05) is 0 Å². The molecule has 0 aliphatic carbocycles. The molecule has 54 valence electrons. The molecule has 0 fully saturated rings. The van der Waals surface area contributed by atoms with E-state index in [9.17, 15) is 0 Å². The van der Waals surface area contributed by atoms with Crippen molar-refractivity contribution in [2.24, 2.45) is 23.0 Å². The van der Waals surface area contributed by atoms with Crippen LogP contribution in [0.15, 0.2) is 0 Å². The fourth-order valence-electron chi connectivity index (χ4n) is 0. The second kappa shape index (κ2) is 6.50. The maximum absolute atomic E-state index is 6.28. The maximum Gasteiger partial charge on any atom is 0.200 e. The first-order valence-electron chi connectivity index (χ1n) is 1.90. The maximum atomic E-state index is 6.28. The lowest BCUT2D eigenvalue weighted by atomic mass is 11.1. The molecule has 0 spiro atoms. The van der Waals surface area contributed by atoms with Gasteiger partial charge < -0.3 is 17.2 Å². The fourth-order valence-corrected chi connectivity index (χ4v) is 0. The van der Waals surface area contributed by atoms with Gasteiger partial charge in [-0.2, -0.15) is 0 Å². The van der Waals surface area contributed by atoms with Crippen LogP contribution in [0.5, 0.6) is 0 Å². The normalized spacial score (nSPS) is 6.33. The number of nitrogens with one attached hydrogen (secondary N) is 3. The van der Waals surface area contributed by atoms with Crippen LogP contribution in [-0.4, -0.2) is 11.9 Å². The average Bonchev–Trinajstić information content (AvgIpc) is 1.65. The number of hydrogen-bond acceptors (Lipinski definition) is 3. The van der Waals surface area contributed by atoms with Crippen molar-refractivity contribution < 1.29 is 0 Å². The van der Waals surface area contributed by atoms with E-state index in [4.69, 9.17) is 10.8 Å². The highest BCUT2D eigenvalue weighted by Crippen LogP contribution is 1.25. The summed E-state index contributed by atoms with van der Waals surface area (Å²) in [6.07, 6.45) is 0. The minimum Gasteiger partial charge on any atom is -0.370 e. The molecule has 0 aromatic heterocycles. The molecular weight excluding hydrogens is 122 g/mol. The first kappa shape index (κ1) is 10.5. The zero-order valence-electron chi connectivity index (χ0n) is 4.81. The number of rotatable bonds is 0. The van der Waals surface area contributed by atoms with E-state index in [2.05, 4.69) is 23.0 Å². The standard InChI is InChI=1S/CH6N4.CH5N3/c2-1(3)5-4;2-1(3)4/h4H2,(H4,2,3,5);(H5,2,3,4). The number of hydrogen-bond donors (Lipinski definition) is 7. The third-order valence-corrected chi connectivity index (χ3v) is 0.156. The Bertz CT molecular complexity index is 91.1. The van der Waals surface area contributed by atoms with Crippen LogP contribution in [-0.2, 0) is 0 Å². The van der Waals surface area contributed by atoms with Gasteiger partial charge in [-0.1, -0.05) is 0 Å². The summed E-state index contributed by atoms with van der Waals surface area (Å²) in [6, 6.07) is 0. The summed E-state index contributed by atoms with van der Waals surface area (Å²) < 4.78 is 0. The quantitative estimate of drug-likeness (QED) is 0.0818. The van der Waals surface area contributed by atoms with Crippen molar-refractivity contribution in [1.29, 1.82) is 10.8 Å². The summed E-state index contributed by atoms with van der Waals surface area (Å²) in [7, 11) is 0. The van der Waals surface area contributed by atoms with E-state index in [-0.39, 0.29) is 11.9 Å². The van der Waals surface area contributed by atoms with Crippen LogP contribution < -0.4 is 28.5 Å². The van der Waals surface area contributed by atoms with Gasteiger partial charge in [0.1, 0.15) is 0 Å². The van der Waals surface area contributed by atoms with Crippen molar-refractivity contribution in [2.45, 2.75) is 0 Å². The van der Waals surface area contributed by atoms with Crippen LogP contribution in [0.1, 0.15) is 0 Å². The van der Waals surface area contributed by atoms with E-state index in [1.165, 1.54) is 0 Å². The van der Waals surface area contributed by atoms with E-state index in [0.29, 0.717) is 0 Å². The summed E-state index contributed by atoms with van der Waals surface area (Å²) in [5.41, 5.74) is 15.5. The Morgan fingerprint density at radius 2 is 1.22 bits per heavy atom. The van der Waals surface area contributed by atoms with Gasteiger partial charge in [-0.3, -0.25) is 16.2 Å². The largest absolute Gasteiger partial charge is 0.370 e. The van der Waals surface area contributed by atoms with E-state index in [1.54, 1.807) is 0 Å². The highest BCUT2D eigenvalue weighted by atomic mass is 15.3. The summed E-state index contributed by atoms with van der Waals surface area (Å²) >= 11 is 0. The monoisotopic (exact) mass is 133 g/mol. The Kier molecular flexibility index (Phi) is 7.57. The first-order valence-corrected chi connectivity index (χ1v) is 1.90. The van der Waals surface area contributed by atoms with Gasteiger partial charge in [-0.05, 0) is 0 Å². The summed E-state index contributed by atoms with van der Waals surface area (Å²) in [5.74, 6) is 4.02. The predicted molar refractivity (Wildman–Crippen MR) is 35.3 cm³/mol. The van der Waals surface area contributed by atoms with Crippen LogP contribution in [0.2, 0.25) is 0 Å². The molecule has 0 saturated heterocycles.